The van der Waals surface area contributed by atoms with Gasteiger partial charge in [-0.3, -0.25) is 14.9 Å². The van der Waals surface area contributed by atoms with Crippen molar-refractivity contribution in [1.82, 2.24) is 15.3 Å². The standard InChI is InChI=1S/C10H10N4O4/c1-5-6(9(17)18)2-11-10(12-5)14-3-7(15)13-8(16)4-14/h2H,3-4H2,1H3,(H,17,18)(H,13,15,16). The molecule has 1 fully saturated rings. The molecule has 2 amide bonds. The van der Waals surface area contributed by atoms with Crippen LogP contribution in [0.1, 0.15) is 16.1 Å². The summed E-state index contributed by atoms with van der Waals surface area (Å²) in [5, 5.41) is 11.0. The van der Waals surface area contributed by atoms with Gasteiger partial charge >= 0.3 is 5.97 Å². The maximum absolute atomic E-state index is 11.2. The average molecular weight is 250 g/mol. The van der Waals surface area contributed by atoms with Crippen LogP contribution in [0.2, 0.25) is 0 Å². The van der Waals surface area contributed by atoms with Crippen molar-refractivity contribution < 1.29 is 19.5 Å². The van der Waals surface area contributed by atoms with Gasteiger partial charge in [-0.2, -0.15) is 0 Å². The van der Waals surface area contributed by atoms with Crippen LogP contribution in [0.25, 0.3) is 0 Å². The third kappa shape index (κ3) is 2.26. The summed E-state index contributed by atoms with van der Waals surface area (Å²) < 4.78 is 0. The first-order valence-corrected chi connectivity index (χ1v) is 5.12. The van der Waals surface area contributed by atoms with Gasteiger partial charge in [-0.15, -0.1) is 0 Å². The van der Waals surface area contributed by atoms with E-state index >= 15 is 0 Å². The summed E-state index contributed by atoms with van der Waals surface area (Å²) in [5.41, 5.74) is 0.275. The number of hydrogen-bond acceptors (Lipinski definition) is 6. The number of carbonyl (C=O) groups is 3. The molecule has 8 nitrogen and oxygen atoms in total. The highest BCUT2D eigenvalue weighted by molar-refractivity contribution is 6.02. The second-order valence-corrected chi connectivity index (χ2v) is 3.80. The number of imide groups is 1. The highest BCUT2D eigenvalue weighted by Crippen LogP contribution is 2.12. The fourth-order valence-corrected chi connectivity index (χ4v) is 1.60. The molecule has 1 aliphatic heterocycles. The minimum Gasteiger partial charge on any atom is -0.478 e. The third-order valence-electron chi connectivity index (χ3n) is 2.43. The van der Waals surface area contributed by atoms with Gasteiger partial charge in [0, 0.05) is 6.20 Å². The van der Waals surface area contributed by atoms with Crippen LogP contribution in [-0.2, 0) is 9.59 Å². The quantitative estimate of drug-likeness (QED) is 0.643. The number of carboxylic acid groups (broad SMARTS) is 1. The van der Waals surface area contributed by atoms with Crippen LogP contribution >= 0.6 is 0 Å². The van der Waals surface area contributed by atoms with Crippen molar-refractivity contribution in [2.24, 2.45) is 0 Å². The van der Waals surface area contributed by atoms with Crippen molar-refractivity contribution in [3.05, 3.63) is 17.5 Å². The minimum atomic E-state index is -1.12. The maximum Gasteiger partial charge on any atom is 0.339 e. The zero-order chi connectivity index (χ0) is 13.3. The van der Waals surface area contributed by atoms with Gasteiger partial charge in [-0.05, 0) is 6.92 Å². The first-order chi connectivity index (χ1) is 8.47. The van der Waals surface area contributed by atoms with Crippen molar-refractivity contribution in [2.45, 2.75) is 6.92 Å². The Morgan fingerprint density at radius 2 is 2.00 bits per heavy atom. The lowest BCUT2D eigenvalue weighted by Crippen LogP contribution is -2.52. The molecule has 0 saturated carbocycles. The Kier molecular flexibility index (Phi) is 2.92. The first kappa shape index (κ1) is 12.0. The molecule has 0 bridgehead atoms. The minimum absolute atomic E-state index is 0.00784. The Hall–Kier alpha value is -2.51. The molecular weight excluding hydrogens is 240 g/mol. The highest BCUT2D eigenvalue weighted by Gasteiger charge is 2.25. The largest absolute Gasteiger partial charge is 0.478 e. The Morgan fingerprint density at radius 1 is 1.39 bits per heavy atom. The van der Waals surface area contributed by atoms with Crippen LogP contribution < -0.4 is 10.2 Å². The van der Waals surface area contributed by atoms with E-state index < -0.39 is 17.8 Å². The molecule has 0 aromatic carbocycles. The number of nitrogens with zero attached hydrogens (tertiary/aromatic N) is 3. The van der Waals surface area contributed by atoms with Crippen molar-refractivity contribution >= 4 is 23.7 Å². The molecule has 2 rings (SSSR count). The van der Waals surface area contributed by atoms with E-state index in [4.69, 9.17) is 5.11 Å². The summed E-state index contributed by atoms with van der Waals surface area (Å²) in [5.74, 6) is -1.82. The monoisotopic (exact) mass is 250 g/mol. The Labute approximate surface area is 102 Å². The van der Waals surface area contributed by atoms with E-state index in [1.54, 1.807) is 0 Å². The van der Waals surface area contributed by atoms with E-state index in [1.165, 1.54) is 11.8 Å². The number of amides is 2. The number of carboxylic acids is 1. The molecule has 8 heteroatoms. The molecule has 0 radical (unpaired) electrons. The smallest absolute Gasteiger partial charge is 0.339 e. The van der Waals surface area contributed by atoms with Crippen molar-refractivity contribution in [3.8, 4) is 0 Å². The van der Waals surface area contributed by atoms with Crippen LogP contribution in [0.5, 0.6) is 0 Å². The van der Waals surface area contributed by atoms with Gasteiger partial charge < -0.3 is 10.0 Å². The van der Waals surface area contributed by atoms with Crippen molar-refractivity contribution in [3.63, 3.8) is 0 Å². The number of piperazine rings is 1. The lowest BCUT2D eigenvalue weighted by atomic mass is 10.2. The number of rotatable bonds is 2. The molecule has 1 aromatic heterocycles. The molecular formula is C10H10N4O4. The number of hydrogen-bond donors (Lipinski definition) is 2. The summed E-state index contributed by atoms with van der Waals surface area (Å²) >= 11 is 0. The molecule has 1 aliphatic rings. The number of anilines is 1. The van der Waals surface area contributed by atoms with Gasteiger partial charge in [0.2, 0.25) is 17.8 Å². The van der Waals surface area contributed by atoms with Crippen LogP contribution in [0.15, 0.2) is 6.20 Å². The molecule has 0 unspecified atom stereocenters. The molecule has 0 aliphatic carbocycles. The molecule has 94 valence electrons. The number of aromatic nitrogens is 2. The van der Waals surface area contributed by atoms with E-state index in [0.717, 1.165) is 6.20 Å². The van der Waals surface area contributed by atoms with Gasteiger partial charge in [0.05, 0.1) is 11.3 Å². The summed E-state index contributed by atoms with van der Waals surface area (Å²) in [6.07, 6.45) is 1.16. The molecule has 1 saturated heterocycles. The molecule has 0 spiro atoms. The summed E-state index contributed by atoms with van der Waals surface area (Å²) in [7, 11) is 0. The summed E-state index contributed by atoms with van der Waals surface area (Å²) in [4.78, 5) is 42.4. The van der Waals surface area contributed by atoms with E-state index in [9.17, 15) is 14.4 Å². The SMILES string of the molecule is Cc1nc(N2CC(=O)NC(=O)C2)ncc1C(=O)O. The number of aromatic carboxylic acids is 1. The second kappa shape index (κ2) is 4.40. The second-order valence-electron chi connectivity index (χ2n) is 3.80. The maximum atomic E-state index is 11.2. The first-order valence-electron chi connectivity index (χ1n) is 5.12. The summed E-state index contributed by atoms with van der Waals surface area (Å²) in [6, 6.07) is 0. The zero-order valence-corrected chi connectivity index (χ0v) is 9.51. The van der Waals surface area contributed by atoms with E-state index in [2.05, 4.69) is 15.3 Å². The fourth-order valence-electron chi connectivity index (χ4n) is 1.60. The van der Waals surface area contributed by atoms with Crippen LogP contribution in [0.4, 0.5) is 5.95 Å². The van der Waals surface area contributed by atoms with Crippen LogP contribution in [0.3, 0.4) is 0 Å². The molecule has 18 heavy (non-hydrogen) atoms. The zero-order valence-electron chi connectivity index (χ0n) is 9.51. The Bertz CT molecular complexity index is 527. The predicted octanol–water partition coefficient (Wildman–Crippen LogP) is -1.05. The predicted molar refractivity (Wildman–Crippen MR) is 59.1 cm³/mol. The Balaban J connectivity index is 2.29. The number of nitrogens with one attached hydrogen (secondary N) is 1. The summed E-state index contributed by atoms with van der Waals surface area (Å²) in [6.45, 7) is 1.47. The van der Waals surface area contributed by atoms with Gasteiger partial charge in [0.25, 0.3) is 0 Å². The molecule has 2 heterocycles. The molecule has 0 atom stereocenters. The van der Waals surface area contributed by atoms with Gasteiger partial charge in [-0.1, -0.05) is 0 Å². The van der Waals surface area contributed by atoms with E-state index in [0.29, 0.717) is 0 Å². The average Bonchev–Trinajstić information content (AvgIpc) is 2.26. The van der Waals surface area contributed by atoms with Gasteiger partial charge in [-0.25, -0.2) is 14.8 Å². The highest BCUT2D eigenvalue weighted by atomic mass is 16.4. The van der Waals surface area contributed by atoms with Gasteiger partial charge in [0.15, 0.2) is 0 Å². The van der Waals surface area contributed by atoms with Crippen molar-refractivity contribution in [2.75, 3.05) is 18.0 Å². The lowest BCUT2D eigenvalue weighted by Gasteiger charge is -2.25. The Morgan fingerprint density at radius 3 is 2.50 bits per heavy atom. The fraction of sp³-hybridized carbons (Fsp3) is 0.300. The van der Waals surface area contributed by atoms with Crippen molar-refractivity contribution in [1.29, 1.82) is 0 Å². The van der Waals surface area contributed by atoms with Gasteiger partial charge in [0.1, 0.15) is 13.1 Å². The number of carbonyl (C=O) groups excluding carboxylic acids is 2. The normalized spacial score (nSPS) is 15.5. The van der Waals surface area contributed by atoms with E-state index in [-0.39, 0.29) is 30.3 Å². The molecule has 2 N–H and O–H groups in total. The topological polar surface area (TPSA) is 112 Å². The third-order valence-corrected chi connectivity index (χ3v) is 2.43. The van der Waals surface area contributed by atoms with E-state index in [1.807, 2.05) is 0 Å². The molecule has 1 aromatic rings. The van der Waals surface area contributed by atoms with Crippen LogP contribution in [0, 0.1) is 6.92 Å². The lowest BCUT2D eigenvalue weighted by molar-refractivity contribution is -0.130. The number of aryl methyl sites for hydroxylation is 1. The van der Waals surface area contributed by atoms with Crippen LogP contribution in [-0.4, -0.2) is 45.9 Å².